The number of hydrogen-bond donors (Lipinski definition) is 2. The Balaban J connectivity index is 0.000000247. The van der Waals surface area contributed by atoms with Gasteiger partial charge in [-0.25, -0.2) is 18.7 Å². The lowest BCUT2D eigenvalue weighted by atomic mass is 9.78. The van der Waals surface area contributed by atoms with E-state index >= 15 is 0 Å². The summed E-state index contributed by atoms with van der Waals surface area (Å²) in [6, 6.07) is 11.2. The second-order valence-electron chi connectivity index (χ2n) is 9.18. The molecule has 2 saturated heterocycles. The van der Waals surface area contributed by atoms with Crippen molar-refractivity contribution < 1.29 is 23.1 Å². The molecule has 2 aromatic carbocycles. The highest BCUT2D eigenvalue weighted by Crippen LogP contribution is 2.36. The van der Waals surface area contributed by atoms with Gasteiger partial charge in [0.1, 0.15) is 23.0 Å². The van der Waals surface area contributed by atoms with Gasteiger partial charge in [-0.3, -0.25) is 9.59 Å². The summed E-state index contributed by atoms with van der Waals surface area (Å²) in [7, 11) is 0. The fourth-order valence-electron chi connectivity index (χ4n) is 4.46. The Labute approximate surface area is 206 Å². The number of nitrogens with one attached hydrogen (secondary N) is 2. The van der Waals surface area contributed by atoms with E-state index in [4.69, 9.17) is 4.74 Å². The molecule has 2 fully saturated rings. The van der Waals surface area contributed by atoms with E-state index in [1.807, 2.05) is 24.3 Å². The number of fused-ring (bicyclic) bond motifs is 1. The number of amides is 2. The summed E-state index contributed by atoms with van der Waals surface area (Å²) in [5, 5.41) is 5.75. The number of benzene rings is 2. The molecular formula is C26H25F2N5O3. The van der Waals surface area contributed by atoms with E-state index in [1.165, 1.54) is 11.6 Å². The quantitative estimate of drug-likeness (QED) is 0.529. The number of nitrogens with zero attached hydrogens (tertiary/aromatic N) is 3. The SMILES string of the molecule is CCc1ccc(Nc2nc(-c3c(F)cccc3F)nc3c2C(=O)NC3)cc1.O=CN1CC2(COC2)C1. The molecular weight excluding hydrogens is 468 g/mol. The van der Waals surface area contributed by atoms with Crippen LogP contribution in [0.3, 0.4) is 0 Å². The Morgan fingerprint density at radius 3 is 2.36 bits per heavy atom. The first kappa shape index (κ1) is 23.8. The highest BCUT2D eigenvalue weighted by molar-refractivity contribution is 6.03. The van der Waals surface area contributed by atoms with Gasteiger partial charge in [-0.05, 0) is 36.2 Å². The van der Waals surface area contributed by atoms with Crippen LogP contribution < -0.4 is 10.6 Å². The molecule has 3 aliphatic heterocycles. The zero-order chi connectivity index (χ0) is 25.3. The summed E-state index contributed by atoms with van der Waals surface area (Å²) in [5.41, 5.74) is 2.65. The van der Waals surface area contributed by atoms with Gasteiger partial charge in [-0.1, -0.05) is 25.1 Å². The van der Waals surface area contributed by atoms with Crippen LogP contribution in [0, 0.1) is 17.0 Å². The number of carbonyl (C=O) groups excluding carboxylic acids is 2. The molecule has 10 heteroatoms. The first-order valence-electron chi connectivity index (χ1n) is 11.7. The minimum absolute atomic E-state index is 0.103. The third-order valence-electron chi connectivity index (χ3n) is 6.48. The number of carbonyl (C=O) groups is 2. The third-order valence-corrected chi connectivity index (χ3v) is 6.48. The predicted molar refractivity (Wildman–Crippen MR) is 129 cm³/mol. The molecule has 0 bridgehead atoms. The molecule has 0 unspecified atom stereocenters. The van der Waals surface area contributed by atoms with Crippen LogP contribution in [0.15, 0.2) is 42.5 Å². The standard InChI is InChI=1S/C20H16F2N4O.C6H9NO2/c1-2-11-6-8-12(9-7-11)24-19-17-15(10-23-20(17)27)25-18(26-19)16-13(21)4-3-5-14(16)22;8-5-7-1-6(2-7)3-9-4-6/h3-9H,2,10H2,1H3,(H,23,27)(H,24,25,26);5H,1-4H2. The number of likely N-dealkylation sites (tertiary alicyclic amines) is 1. The number of ether oxygens (including phenoxy) is 1. The van der Waals surface area contributed by atoms with Crippen molar-refractivity contribution in [3.8, 4) is 11.4 Å². The Kier molecular flexibility index (Phi) is 6.36. The minimum Gasteiger partial charge on any atom is -0.380 e. The summed E-state index contributed by atoms with van der Waals surface area (Å²) in [5.74, 6) is -1.72. The van der Waals surface area contributed by atoms with E-state index in [9.17, 15) is 18.4 Å². The highest BCUT2D eigenvalue weighted by Gasteiger charge is 2.48. The van der Waals surface area contributed by atoms with Gasteiger partial charge in [0, 0.05) is 18.8 Å². The van der Waals surface area contributed by atoms with Crippen LogP contribution in [-0.4, -0.2) is 53.5 Å². The van der Waals surface area contributed by atoms with Crippen LogP contribution in [0.4, 0.5) is 20.3 Å². The Hall–Kier alpha value is -3.92. The molecule has 1 aromatic heterocycles. The van der Waals surface area contributed by atoms with Crippen LogP contribution in [0.2, 0.25) is 0 Å². The first-order chi connectivity index (χ1) is 17.4. The fourth-order valence-corrected chi connectivity index (χ4v) is 4.46. The summed E-state index contributed by atoms with van der Waals surface area (Å²) < 4.78 is 33.4. The monoisotopic (exact) mass is 493 g/mol. The van der Waals surface area contributed by atoms with E-state index < -0.39 is 11.6 Å². The number of rotatable bonds is 5. The number of anilines is 2. The molecule has 3 aliphatic rings. The maximum absolute atomic E-state index is 14.2. The molecule has 36 heavy (non-hydrogen) atoms. The Bertz CT molecular complexity index is 1280. The van der Waals surface area contributed by atoms with Crippen molar-refractivity contribution in [3.63, 3.8) is 0 Å². The van der Waals surface area contributed by atoms with Crippen molar-refractivity contribution in [1.82, 2.24) is 20.2 Å². The molecule has 2 amide bonds. The maximum atomic E-state index is 14.2. The molecule has 0 atom stereocenters. The van der Waals surface area contributed by atoms with E-state index in [2.05, 4.69) is 27.5 Å². The van der Waals surface area contributed by atoms with Gasteiger partial charge in [-0.2, -0.15) is 0 Å². The van der Waals surface area contributed by atoms with Gasteiger partial charge in [0.25, 0.3) is 5.91 Å². The zero-order valence-corrected chi connectivity index (χ0v) is 19.7. The lowest BCUT2D eigenvalue weighted by Gasteiger charge is -2.53. The van der Waals surface area contributed by atoms with Crippen molar-refractivity contribution in [2.75, 3.05) is 31.6 Å². The van der Waals surface area contributed by atoms with Crippen molar-refractivity contribution >= 4 is 23.8 Å². The normalized spacial score (nSPS) is 16.8. The van der Waals surface area contributed by atoms with Gasteiger partial charge in [0.2, 0.25) is 6.41 Å². The molecule has 8 nitrogen and oxygen atoms in total. The van der Waals surface area contributed by atoms with Gasteiger partial charge in [-0.15, -0.1) is 0 Å². The Morgan fingerprint density at radius 2 is 1.78 bits per heavy atom. The largest absolute Gasteiger partial charge is 0.380 e. The van der Waals surface area contributed by atoms with E-state index in [-0.39, 0.29) is 35.2 Å². The molecule has 6 rings (SSSR count). The second-order valence-corrected chi connectivity index (χ2v) is 9.18. The van der Waals surface area contributed by atoms with Gasteiger partial charge < -0.3 is 20.3 Å². The summed E-state index contributed by atoms with van der Waals surface area (Å²) in [4.78, 5) is 32.5. The molecule has 1 spiro atoms. The molecule has 186 valence electrons. The number of aryl methyl sites for hydroxylation is 1. The smallest absolute Gasteiger partial charge is 0.257 e. The average molecular weight is 494 g/mol. The van der Waals surface area contributed by atoms with Crippen LogP contribution in [-0.2, 0) is 22.5 Å². The van der Waals surface area contributed by atoms with Crippen molar-refractivity contribution in [2.45, 2.75) is 19.9 Å². The molecule has 0 aliphatic carbocycles. The van der Waals surface area contributed by atoms with Crippen molar-refractivity contribution in [3.05, 3.63) is 70.9 Å². The van der Waals surface area contributed by atoms with E-state index in [0.717, 1.165) is 51.3 Å². The average Bonchev–Trinajstić information content (AvgIpc) is 3.19. The van der Waals surface area contributed by atoms with Crippen molar-refractivity contribution in [2.24, 2.45) is 5.41 Å². The molecule has 3 aromatic rings. The summed E-state index contributed by atoms with van der Waals surface area (Å²) in [6.07, 6.45) is 1.81. The van der Waals surface area contributed by atoms with Crippen LogP contribution >= 0.6 is 0 Å². The molecule has 4 heterocycles. The summed E-state index contributed by atoms with van der Waals surface area (Å²) in [6.45, 7) is 5.78. The minimum atomic E-state index is -0.759. The van der Waals surface area contributed by atoms with Crippen molar-refractivity contribution in [1.29, 1.82) is 0 Å². The summed E-state index contributed by atoms with van der Waals surface area (Å²) >= 11 is 0. The number of hydrogen-bond acceptors (Lipinski definition) is 6. The zero-order valence-electron chi connectivity index (χ0n) is 19.7. The second kappa shape index (κ2) is 9.62. The maximum Gasteiger partial charge on any atom is 0.257 e. The fraction of sp³-hybridized carbons (Fsp3) is 0.308. The van der Waals surface area contributed by atoms with E-state index in [1.54, 1.807) is 4.90 Å². The Morgan fingerprint density at radius 1 is 1.08 bits per heavy atom. The van der Waals surface area contributed by atoms with Gasteiger partial charge in [0.15, 0.2) is 5.82 Å². The first-order valence-corrected chi connectivity index (χ1v) is 11.7. The molecule has 2 N–H and O–H groups in total. The third kappa shape index (κ3) is 4.51. The topological polar surface area (TPSA) is 96.4 Å². The van der Waals surface area contributed by atoms with Crippen LogP contribution in [0.25, 0.3) is 11.4 Å². The predicted octanol–water partition coefficient (Wildman–Crippen LogP) is 3.45. The lowest BCUT2D eigenvalue weighted by Crippen LogP contribution is -2.65. The number of aromatic nitrogens is 2. The molecule has 0 saturated carbocycles. The number of halogens is 2. The van der Waals surface area contributed by atoms with Gasteiger partial charge >= 0.3 is 0 Å². The lowest BCUT2D eigenvalue weighted by molar-refractivity contribution is -0.188. The highest BCUT2D eigenvalue weighted by atomic mass is 19.1. The molecule has 0 radical (unpaired) electrons. The van der Waals surface area contributed by atoms with Gasteiger partial charge in [0.05, 0.1) is 36.4 Å². The van der Waals surface area contributed by atoms with Crippen LogP contribution in [0.5, 0.6) is 0 Å². The van der Waals surface area contributed by atoms with E-state index in [0.29, 0.717) is 16.8 Å². The van der Waals surface area contributed by atoms with Crippen LogP contribution in [0.1, 0.15) is 28.5 Å².